The summed E-state index contributed by atoms with van der Waals surface area (Å²) in [6.45, 7) is 1.53. The Morgan fingerprint density at radius 1 is 0.933 bits per heavy atom. The van der Waals surface area contributed by atoms with Crippen LogP contribution in [0.5, 0.6) is 28.7 Å². The molecule has 2 aromatic carbocycles. The number of methoxy groups -OCH3 is 3. The molecule has 9 heteroatoms. The van der Waals surface area contributed by atoms with Gasteiger partial charge in [0.1, 0.15) is 5.75 Å². The number of aliphatic imine (C=N–C) groups is 1. The molecule has 0 saturated carbocycles. The van der Waals surface area contributed by atoms with E-state index in [9.17, 15) is 0 Å². The van der Waals surface area contributed by atoms with E-state index in [0.717, 1.165) is 30.0 Å². The van der Waals surface area contributed by atoms with Crippen molar-refractivity contribution in [1.82, 2.24) is 10.6 Å². The minimum Gasteiger partial charge on any atom is -0.496 e. The van der Waals surface area contributed by atoms with Gasteiger partial charge in [0.25, 0.3) is 0 Å². The lowest BCUT2D eigenvalue weighted by molar-refractivity contribution is 0.174. The van der Waals surface area contributed by atoms with Gasteiger partial charge < -0.3 is 34.3 Å². The van der Waals surface area contributed by atoms with Crippen LogP contribution in [0, 0.1) is 0 Å². The van der Waals surface area contributed by atoms with Gasteiger partial charge in [0.05, 0.1) is 21.3 Å². The SMILES string of the molecule is CN=C(NCCc1ccc2c(c1)OCO2)NCc1cc(OC)c(OC)cc1OC.I. The molecule has 1 aliphatic heterocycles. The Kier molecular flexibility index (Phi) is 9.15. The summed E-state index contributed by atoms with van der Waals surface area (Å²) in [6.07, 6.45) is 0.830. The van der Waals surface area contributed by atoms with Crippen molar-refractivity contribution < 1.29 is 23.7 Å². The number of guanidine groups is 1. The second-order valence-corrected chi connectivity index (χ2v) is 6.31. The van der Waals surface area contributed by atoms with Crippen molar-refractivity contribution in [2.45, 2.75) is 13.0 Å². The summed E-state index contributed by atoms with van der Waals surface area (Å²) in [4.78, 5) is 4.28. The molecule has 0 spiro atoms. The van der Waals surface area contributed by atoms with E-state index < -0.39 is 0 Å². The third kappa shape index (κ3) is 5.74. The maximum atomic E-state index is 5.47. The Bertz CT molecular complexity index is 876. The summed E-state index contributed by atoms with van der Waals surface area (Å²) in [5, 5.41) is 6.61. The summed E-state index contributed by atoms with van der Waals surface area (Å²) >= 11 is 0. The van der Waals surface area contributed by atoms with E-state index in [1.54, 1.807) is 28.4 Å². The highest BCUT2D eigenvalue weighted by atomic mass is 127. The Morgan fingerprint density at radius 3 is 2.33 bits per heavy atom. The minimum atomic E-state index is 0. The number of hydrogen-bond donors (Lipinski definition) is 2. The topological polar surface area (TPSA) is 82.6 Å². The van der Waals surface area contributed by atoms with E-state index in [1.165, 1.54) is 5.56 Å². The fourth-order valence-electron chi connectivity index (χ4n) is 3.05. The zero-order valence-corrected chi connectivity index (χ0v) is 19.9. The van der Waals surface area contributed by atoms with Gasteiger partial charge in [-0.3, -0.25) is 4.99 Å². The fraction of sp³-hybridized carbons (Fsp3) is 0.381. The molecule has 0 radical (unpaired) electrons. The molecular formula is C21H28IN3O5. The lowest BCUT2D eigenvalue weighted by Crippen LogP contribution is -2.37. The molecule has 0 aromatic heterocycles. The van der Waals surface area contributed by atoms with Gasteiger partial charge in [0.2, 0.25) is 6.79 Å². The quantitative estimate of drug-likeness (QED) is 0.309. The predicted octanol–water partition coefficient (Wildman–Crippen LogP) is 2.97. The van der Waals surface area contributed by atoms with Crippen molar-refractivity contribution in [3.05, 3.63) is 41.5 Å². The predicted molar refractivity (Wildman–Crippen MR) is 126 cm³/mol. The van der Waals surface area contributed by atoms with Gasteiger partial charge in [-0.15, -0.1) is 24.0 Å². The van der Waals surface area contributed by atoms with Crippen LogP contribution in [0.3, 0.4) is 0 Å². The van der Waals surface area contributed by atoms with Crippen LogP contribution < -0.4 is 34.3 Å². The zero-order chi connectivity index (χ0) is 20.6. The average molecular weight is 529 g/mol. The van der Waals surface area contributed by atoms with E-state index in [2.05, 4.69) is 15.6 Å². The van der Waals surface area contributed by atoms with E-state index >= 15 is 0 Å². The zero-order valence-electron chi connectivity index (χ0n) is 17.6. The molecule has 8 nitrogen and oxygen atoms in total. The summed E-state index contributed by atoms with van der Waals surface area (Å²) < 4.78 is 26.9. The highest BCUT2D eigenvalue weighted by molar-refractivity contribution is 14.0. The number of ether oxygens (including phenoxy) is 5. The van der Waals surface area contributed by atoms with Gasteiger partial charge in [-0.25, -0.2) is 0 Å². The first kappa shape index (κ1) is 23.7. The fourth-order valence-corrected chi connectivity index (χ4v) is 3.05. The normalized spacial score (nSPS) is 12.1. The Hall–Kier alpha value is -2.56. The van der Waals surface area contributed by atoms with Crippen LogP contribution in [0.15, 0.2) is 35.3 Å². The lowest BCUT2D eigenvalue weighted by atomic mass is 10.1. The molecule has 1 aliphatic rings. The third-order valence-electron chi connectivity index (χ3n) is 4.60. The van der Waals surface area contributed by atoms with Gasteiger partial charge in [0, 0.05) is 31.8 Å². The highest BCUT2D eigenvalue weighted by Gasteiger charge is 2.14. The van der Waals surface area contributed by atoms with Crippen molar-refractivity contribution in [3.8, 4) is 28.7 Å². The molecule has 0 fully saturated rings. The van der Waals surface area contributed by atoms with Gasteiger partial charge >= 0.3 is 0 Å². The number of halogens is 1. The molecule has 1 heterocycles. The van der Waals surface area contributed by atoms with E-state index in [4.69, 9.17) is 23.7 Å². The Morgan fingerprint density at radius 2 is 1.63 bits per heavy atom. The Labute approximate surface area is 193 Å². The second kappa shape index (κ2) is 11.6. The second-order valence-electron chi connectivity index (χ2n) is 6.31. The van der Waals surface area contributed by atoms with Crippen molar-refractivity contribution in [2.24, 2.45) is 4.99 Å². The summed E-state index contributed by atoms with van der Waals surface area (Å²) in [5.41, 5.74) is 2.10. The van der Waals surface area contributed by atoms with Gasteiger partial charge in [-0.05, 0) is 30.2 Å². The van der Waals surface area contributed by atoms with Crippen molar-refractivity contribution in [3.63, 3.8) is 0 Å². The van der Waals surface area contributed by atoms with Crippen LogP contribution in [-0.4, -0.2) is 47.7 Å². The van der Waals surface area contributed by atoms with Crippen LogP contribution >= 0.6 is 24.0 Å². The first-order valence-electron chi connectivity index (χ1n) is 9.30. The molecule has 2 aromatic rings. The first-order valence-corrected chi connectivity index (χ1v) is 9.30. The smallest absolute Gasteiger partial charge is 0.231 e. The van der Waals surface area contributed by atoms with Gasteiger partial charge in [-0.2, -0.15) is 0 Å². The monoisotopic (exact) mass is 529 g/mol. The number of hydrogen-bond acceptors (Lipinski definition) is 6. The number of nitrogens with zero attached hydrogens (tertiary/aromatic N) is 1. The molecule has 0 bridgehead atoms. The summed E-state index contributed by atoms with van der Waals surface area (Å²) in [5.74, 6) is 4.28. The molecule has 164 valence electrons. The summed E-state index contributed by atoms with van der Waals surface area (Å²) in [6, 6.07) is 9.69. The molecule has 0 saturated heterocycles. The lowest BCUT2D eigenvalue weighted by Gasteiger charge is -2.16. The van der Waals surface area contributed by atoms with Crippen LogP contribution in [0.2, 0.25) is 0 Å². The molecule has 0 aliphatic carbocycles. The third-order valence-corrected chi connectivity index (χ3v) is 4.60. The molecule has 0 atom stereocenters. The number of benzene rings is 2. The van der Waals surface area contributed by atoms with Crippen LogP contribution in [-0.2, 0) is 13.0 Å². The highest BCUT2D eigenvalue weighted by Crippen LogP contribution is 2.34. The van der Waals surface area contributed by atoms with Crippen LogP contribution in [0.25, 0.3) is 0 Å². The minimum absolute atomic E-state index is 0. The van der Waals surface area contributed by atoms with E-state index in [-0.39, 0.29) is 30.8 Å². The maximum Gasteiger partial charge on any atom is 0.231 e. The summed E-state index contributed by atoms with van der Waals surface area (Å²) in [7, 11) is 6.57. The molecule has 2 N–H and O–H groups in total. The maximum absolute atomic E-state index is 5.47. The number of fused-ring (bicyclic) bond motifs is 1. The number of nitrogens with one attached hydrogen (secondary N) is 2. The molecular weight excluding hydrogens is 501 g/mol. The van der Waals surface area contributed by atoms with Crippen molar-refractivity contribution in [1.29, 1.82) is 0 Å². The van der Waals surface area contributed by atoms with Crippen LogP contribution in [0.4, 0.5) is 0 Å². The van der Waals surface area contributed by atoms with E-state index in [1.807, 2.05) is 30.3 Å². The van der Waals surface area contributed by atoms with Gasteiger partial charge in [0.15, 0.2) is 29.0 Å². The largest absolute Gasteiger partial charge is 0.496 e. The average Bonchev–Trinajstić information content (AvgIpc) is 3.23. The van der Waals surface area contributed by atoms with Crippen molar-refractivity contribution in [2.75, 3.05) is 41.7 Å². The van der Waals surface area contributed by atoms with E-state index in [0.29, 0.717) is 29.8 Å². The first-order chi connectivity index (χ1) is 14.2. The van der Waals surface area contributed by atoms with Crippen molar-refractivity contribution >= 4 is 29.9 Å². The standard InChI is InChI=1S/C21H27N3O5.HI/c1-22-21(23-8-7-14-5-6-16-20(9-14)29-13-28-16)24-12-15-10-18(26-3)19(27-4)11-17(15)25-2;/h5-6,9-11H,7-8,12-13H2,1-4H3,(H2,22,23,24);1H. The molecule has 3 rings (SSSR count). The molecule has 0 unspecified atom stereocenters. The molecule has 30 heavy (non-hydrogen) atoms. The van der Waals surface area contributed by atoms with Crippen LogP contribution in [0.1, 0.15) is 11.1 Å². The Balaban J connectivity index is 0.00000320. The van der Waals surface area contributed by atoms with Gasteiger partial charge in [-0.1, -0.05) is 6.07 Å². The number of rotatable bonds is 8. The molecule has 0 amide bonds.